The minimum atomic E-state index is -2.42. The van der Waals surface area contributed by atoms with Crippen LogP contribution in [0, 0.1) is 0 Å². The first-order valence-electron chi connectivity index (χ1n) is 7.66. The zero-order valence-corrected chi connectivity index (χ0v) is 12.1. The van der Waals surface area contributed by atoms with Gasteiger partial charge in [-0.05, 0) is 24.8 Å². The molecule has 3 rings (SSSR count). The molecule has 21 heavy (non-hydrogen) atoms. The van der Waals surface area contributed by atoms with Crippen molar-refractivity contribution >= 4 is 0 Å². The summed E-state index contributed by atoms with van der Waals surface area (Å²) in [7, 11) is 0. The van der Waals surface area contributed by atoms with E-state index in [1.165, 1.54) is 18.6 Å². The Hall–Kier alpha value is -1.04. The lowest BCUT2D eigenvalue weighted by molar-refractivity contribution is -0.0711. The van der Waals surface area contributed by atoms with Crippen LogP contribution >= 0.6 is 0 Å². The molecule has 0 spiro atoms. The van der Waals surface area contributed by atoms with Gasteiger partial charge in [0.2, 0.25) is 0 Å². The third kappa shape index (κ3) is 2.96. The number of nitrogens with two attached hydrogens (primary N) is 1. The molecule has 1 saturated carbocycles. The Labute approximate surface area is 124 Å². The van der Waals surface area contributed by atoms with Crippen molar-refractivity contribution in [3.05, 3.63) is 35.4 Å². The SMILES string of the molecule is NCC(c1ccc(C(F)F)cc1)N1CCOC2CCCC21. The van der Waals surface area contributed by atoms with E-state index < -0.39 is 6.43 Å². The van der Waals surface area contributed by atoms with Gasteiger partial charge in [-0.1, -0.05) is 24.3 Å². The lowest BCUT2D eigenvalue weighted by Crippen LogP contribution is -2.51. The van der Waals surface area contributed by atoms with E-state index in [2.05, 4.69) is 4.90 Å². The topological polar surface area (TPSA) is 38.5 Å². The monoisotopic (exact) mass is 296 g/mol. The lowest BCUT2D eigenvalue weighted by atomic mass is 9.99. The number of benzene rings is 1. The highest BCUT2D eigenvalue weighted by molar-refractivity contribution is 5.26. The molecule has 1 aliphatic carbocycles. The number of fused-ring (bicyclic) bond motifs is 1. The second-order valence-electron chi connectivity index (χ2n) is 5.86. The first-order valence-corrected chi connectivity index (χ1v) is 7.66. The Morgan fingerprint density at radius 2 is 1.90 bits per heavy atom. The van der Waals surface area contributed by atoms with Gasteiger partial charge in [-0.25, -0.2) is 8.78 Å². The fraction of sp³-hybridized carbons (Fsp3) is 0.625. The Morgan fingerprint density at radius 1 is 1.19 bits per heavy atom. The van der Waals surface area contributed by atoms with Crippen molar-refractivity contribution in [3.8, 4) is 0 Å². The van der Waals surface area contributed by atoms with Gasteiger partial charge in [-0.3, -0.25) is 4.90 Å². The molecule has 3 atom stereocenters. The maximum atomic E-state index is 12.7. The number of hydrogen-bond acceptors (Lipinski definition) is 3. The molecule has 2 N–H and O–H groups in total. The summed E-state index contributed by atoms with van der Waals surface area (Å²) >= 11 is 0. The van der Waals surface area contributed by atoms with E-state index >= 15 is 0 Å². The molecule has 1 aromatic rings. The predicted octanol–water partition coefficient (Wildman–Crippen LogP) is 2.88. The first-order chi connectivity index (χ1) is 10.2. The molecule has 0 bridgehead atoms. The van der Waals surface area contributed by atoms with Crippen LogP contribution in [0.1, 0.15) is 42.9 Å². The maximum absolute atomic E-state index is 12.7. The summed E-state index contributed by atoms with van der Waals surface area (Å²) in [5, 5.41) is 0. The minimum absolute atomic E-state index is 0.0650. The van der Waals surface area contributed by atoms with Crippen LogP contribution < -0.4 is 5.73 Å². The summed E-state index contributed by atoms with van der Waals surface area (Å²) in [5.41, 5.74) is 7.07. The van der Waals surface area contributed by atoms with Gasteiger partial charge in [0.15, 0.2) is 0 Å². The van der Waals surface area contributed by atoms with Crippen molar-refractivity contribution in [3.63, 3.8) is 0 Å². The average Bonchev–Trinajstić information content (AvgIpc) is 2.98. The van der Waals surface area contributed by atoms with Crippen molar-refractivity contribution in [2.45, 2.75) is 43.9 Å². The fourth-order valence-electron chi connectivity index (χ4n) is 3.67. The molecule has 2 fully saturated rings. The predicted molar refractivity (Wildman–Crippen MR) is 77.3 cm³/mol. The van der Waals surface area contributed by atoms with Crippen LogP contribution in [0.2, 0.25) is 0 Å². The second kappa shape index (κ2) is 6.38. The van der Waals surface area contributed by atoms with E-state index in [4.69, 9.17) is 10.5 Å². The second-order valence-corrected chi connectivity index (χ2v) is 5.86. The van der Waals surface area contributed by atoms with Crippen LogP contribution in [0.3, 0.4) is 0 Å². The normalized spacial score (nSPS) is 27.8. The third-order valence-electron chi connectivity index (χ3n) is 4.72. The zero-order chi connectivity index (χ0) is 14.8. The van der Waals surface area contributed by atoms with Crippen molar-refractivity contribution in [1.82, 2.24) is 4.90 Å². The Morgan fingerprint density at radius 3 is 2.57 bits per heavy atom. The van der Waals surface area contributed by atoms with Gasteiger partial charge >= 0.3 is 0 Å². The fourth-order valence-corrected chi connectivity index (χ4v) is 3.67. The number of hydrogen-bond donors (Lipinski definition) is 1. The Kier molecular flexibility index (Phi) is 4.52. The molecule has 1 aromatic carbocycles. The molecule has 1 heterocycles. The lowest BCUT2D eigenvalue weighted by Gasteiger charge is -2.42. The van der Waals surface area contributed by atoms with Crippen LogP contribution in [0.5, 0.6) is 0 Å². The third-order valence-corrected chi connectivity index (χ3v) is 4.72. The molecule has 1 aliphatic heterocycles. The number of nitrogens with zero attached hydrogens (tertiary/aromatic N) is 1. The van der Waals surface area contributed by atoms with E-state index in [1.807, 2.05) is 0 Å². The van der Waals surface area contributed by atoms with Gasteiger partial charge < -0.3 is 10.5 Å². The quantitative estimate of drug-likeness (QED) is 0.928. The molecule has 2 aliphatic rings. The van der Waals surface area contributed by atoms with Crippen molar-refractivity contribution in [1.29, 1.82) is 0 Å². The molecule has 3 unspecified atom stereocenters. The van der Waals surface area contributed by atoms with Crippen LogP contribution in [0.25, 0.3) is 0 Å². The summed E-state index contributed by atoms with van der Waals surface area (Å²) in [6, 6.07) is 7.11. The van der Waals surface area contributed by atoms with Crippen LogP contribution in [-0.4, -0.2) is 36.7 Å². The minimum Gasteiger partial charge on any atom is -0.375 e. The molecular weight excluding hydrogens is 274 g/mol. The number of rotatable bonds is 4. The van der Waals surface area contributed by atoms with Crippen molar-refractivity contribution in [2.75, 3.05) is 19.7 Å². The number of ether oxygens (including phenoxy) is 1. The van der Waals surface area contributed by atoms with Gasteiger partial charge in [-0.2, -0.15) is 0 Å². The number of halogens is 2. The Balaban J connectivity index is 1.80. The van der Waals surface area contributed by atoms with Crippen molar-refractivity contribution < 1.29 is 13.5 Å². The van der Waals surface area contributed by atoms with Crippen molar-refractivity contribution in [2.24, 2.45) is 5.73 Å². The zero-order valence-electron chi connectivity index (χ0n) is 12.1. The summed E-state index contributed by atoms with van der Waals surface area (Å²) in [6.45, 7) is 2.09. The standard InChI is InChI=1S/C16H22F2N2O/c17-16(18)12-6-4-11(5-7-12)14(10-19)20-8-9-21-15-3-1-2-13(15)20/h4-7,13-16H,1-3,8-10,19H2. The summed E-state index contributed by atoms with van der Waals surface area (Å²) in [6.07, 6.45) is 1.33. The van der Waals surface area contributed by atoms with Crippen LogP contribution in [0.15, 0.2) is 24.3 Å². The van der Waals surface area contributed by atoms with Crippen LogP contribution in [-0.2, 0) is 4.74 Å². The molecule has 1 saturated heterocycles. The molecule has 0 amide bonds. The van der Waals surface area contributed by atoms with E-state index in [-0.39, 0.29) is 11.6 Å². The molecule has 0 radical (unpaired) electrons. The van der Waals surface area contributed by atoms with E-state index in [9.17, 15) is 8.78 Å². The largest absolute Gasteiger partial charge is 0.375 e. The number of alkyl halides is 2. The first kappa shape index (κ1) is 14.9. The molecule has 116 valence electrons. The maximum Gasteiger partial charge on any atom is 0.263 e. The smallest absolute Gasteiger partial charge is 0.263 e. The average molecular weight is 296 g/mol. The summed E-state index contributed by atoms with van der Waals surface area (Å²) in [4.78, 5) is 2.42. The summed E-state index contributed by atoms with van der Waals surface area (Å²) in [5.74, 6) is 0. The van der Waals surface area contributed by atoms with Gasteiger partial charge in [0, 0.05) is 30.7 Å². The highest BCUT2D eigenvalue weighted by Crippen LogP contribution is 2.35. The van der Waals surface area contributed by atoms with E-state index in [0.717, 1.165) is 31.6 Å². The molecule has 3 nitrogen and oxygen atoms in total. The summed E-state index contributed by atoms with van der Waals surface area (Å²) < 4.78 is 31.2. The highest BCUT2D eigenvalue weighted by Gasteiger charge is 2.39. The van der Waals surface area contributed by atoms with E-state index in [1.54, 1.807) is 12.1 Å². The number of morpholine rings is 1. The van der Waals surface area contributed by atoms with Gasteiger partial charge in [0.1, 0.15) is 0 Å². The highest BCUT2D eigenvalue weighted by atomic mass is 19.3. The van der Waals surface area contributed by atoms with Gasteiger partial charge in [-0.15, -0.1) is 0 Å². The Bertz CT molecular complexity index is 466. The molecule has 5 heteroatoms. The van der Waals surface area contributed by atoms with Gasteiger partial charge in [0.05, 0.1) is 12.7 Å². The van der Waals surface area contributed by atoms with E-state index in [0.29, 0.717) is 18.7 Å². The molecular formula is C16H22F2N2O. The molecule has 0 aromatic heterocycles. The van der Waals surface area contributed by atoms with Crippen LogP contribution in [0.4, 0.5) is 8.78 Å². The van der Waals surface area contributed by atoms with Gasteiger partial charge in [0.25, 0.3) is 6.43 Å².